The maximum atomic E-state index is 5.86. The van der Waals surface area contributed by atoms with E-state index in [9.17, 15) is 0 Å². The van der Waals surface area contributed by atoms with Crippen LogP contribution < -0.4 is 0 Å². The van der Waals surface area contributed by atoms with Crippen molar-refractivity contribution in [3.8, 4) is 0 Å². The second kappa shape index (κ2) is 3.08. The van der Waals surface area contributed by atoms with Gasteiger partial charge in [0.25, 0.3) is 0 Å². The maximum absolute atomic E-state index is 5.86. The van der Waals surface area contributed by atoms with E-state index in [1.54, 1.807) is 0 Å². The second-order valence-corrected chi connectivity index (χ2v) is 3.90. The maximum Gasteiger partial charge on any atom is 0.0412 e. The van der Waals surface area contributed by atoms with Crippen LogP contribution in [0.4, 0.5) is 0 Å². The van der Waals surface area contributed by atoms with Crippen LogP contribution in [0.25, 0.3) is 10.8 Å². The molecule has 0 spiro atoms. The van der Waals surface area contributed by atoms with Gasteiger partial charge in [-0.2, -0.15) is 0 Å². The SMILES string of the molecule is Clc1ccc2c(Br)cccc2c1. The third-order valence-corrected chi connectivity index (χ3v) is 2.72. The number of hydrogen-bond acceptors (Lipinski definition) is 0. The predicted molar refractivity (Wildman–Crippen MR) is 56.7 cm³/mol. The van der Waals surface area contributed by atoms with E-state index in [-0.39, 0.29) is 0 Å². The van der Waals surface area contributed by atoms with Crippen LogP contribution >= 0.6 is 27.5 Å². The van der Waals surface area contributed by atoms with Crippen molar-refractivity contribution < 1.29 is 0 Å². The monoisotopic (exact) mass is 240 g/mol. The molecule has 0 aliphatic heterocycles. The van der Waals surface area contributed by atoms with Crippen molar-refractivity contribution in [2.45, 2.75) is 0 Å². The van der Waals surface area contributed by atoms with Gasteiger partial charge >= 0.3 is 0 Å². The molecule has 0 radical (unpaired) electrons. The lowest BCUT2D eigenvalue weighted by atomic mass is 10.1. The second-order valence-electron chi connectivity index (χ2n) is 2.61. The van der Waals surface area contributed by atoms with Crippen LogP contribution in [0.2, 0.25) is 5.02 Å². The average molecular weight is 242 g/mol. The minimum atomic E-state index is 0.778. The van der Waals surface area contributed by atoms with Gasteiger partial charge in [0.15, 0.2) is 0 Å². The smallest absolute Gasteiger partial charge is 0.0412 e. The lowest BCUT2D eigenvalue weighted by Crippen LogP contribution is -1.73. The Bertz CT molecular complexity index is 423. The summed E-state index contributed by atoms with van der Waals surface area (Å²) in [7, 11) is 0. The first-order valence-corrected chi connectivity index (χ1v) is 4.78. The molecule has 0 saturated carbocycles. The highest BCUT2D eigenvalue weighted by Gasteiger charge is 1.96. The number of hydrogen-bond donors (Lipinski definition) is 0. The third-order valence-electron chi connectivity index (χ3n) is 1.79. The molecule has 12 heavy (non-hydrogen) atoms. The minimum Gasteiger partial charge on any atom is -0.0843 e. The van der Waals surface area contributed by atoms with E-state index in [2.05, 4.69) is 15.9 Å². The van der Waals surface area contributed by atoms with E-state index < -0.39 is 0 Å². The predicted octanol–water partition coefficient (Wildman–Crippen LogP) is 4.26. The van der Waals surface area contributed by atoms with Crippen molar-refractivity contribution in [3.63, 3.8) is 0 Å². The Hall–Kier alpha value is -0.530. The molecule has 2 aromatic rings. The van der Waals surface area contributed by atoms with E-state index >= 15 is 0 Å². The standard InChI is InChI=1S/C10H6BrCl/c11-10-3-1-2-7-6-8(12)4-5-9(7)10/h1-6H. The van der Waals surface area contributed by atoms with E-state index in [0.717, 1.165) is 14.9 Å². The van der Waals surface area contributed by atoms with E-state index in [1.807, 2.05) is 36.4 Å². The lowest BCUT2D eigenvalue weighted by molar-refractivity contribution is 1.71. The van der Waals surface area contributed by atoms with Gasteiger partial charge in [0.2, 0.25) is 0 Å². The van der Waals surface area contributed by atoms with Crippen LogP contribution in [0.5, 0.6) is 0 Å². The molecule has 0 nitrogen and oxygen atoms in total. The highest BCUT2D eigenvalue weighted by molar-refractivity contribution is 9.10. The van der Waals surface area contributed by atoms with Crippen LogP contribution in [0, 0.1) is 0 Å². The summed E-state index contributed by atoms with van der Waals surface area (Å²) in [5, 5.41) is 3.14. The topological polar surface area (TPSA) is 0 Å². The zero-order valence-electron chi connectivity index (χ0n) is 6.22. The number of benzene rings is 2. The fourth-order valence-electron chi connectivity index (χ4n) is 1.22. The van der Waals surface area contributed by atoms with Crippen molar-refractivity contribution in [3.05, 3.63) is 45.9 Å². The molecule has 0 N–H and O–H groups in total. The summed E-state index contributed by atoms with van der Waals surface area (Å²) >= 11 is 9.33. The Morgan fingerprint density at radius 2 is 1.92 bits per heavy atom. The van der Waals surface area contributed by atoms with Gasteiger partial charge in [0, 0.05) is 9.50 Å². The molecule has 2 aromatic carbocycles. The van der Waals surface area contributed by atoms with Crippen LogP contribution in [-0.4, -0.2) is 0 Å². The molecular formula is C10H6BrCl. The molecule has 0 heterocycles. The Morgan fingerprint density at radius 3 is 2.75 bits per heavy atom. The Balaban J connectivity index is 2.86. The first-order valence-electron chi connectivity index (χ1n) is 3.61. The Labute approximate surface area is 84.3 Å². The normalized spacial score (nSPS) is 10.5. The summed E-state index contributed by atoms with van der Waals surface area (Å²) in [5.41, 5.74) is 0. The van der Waals surface area contributed by atoms with Gasteiger partial charge in [0.05, 0.1) is 0 Å². The number of fused-ring (bicyclic) bond motifs is 1. The summed E-state index contributed by atoms with van der Waals surface area (Å²) in [6.07, 6.45) is 0. The van der Waals surface area contributed by atoms with Gasteiger partial charge in [0.1, 0.15) is 0 Å². The van der Waals surface area contributed by atoms with Gasteiger partial charge in [-0.1, -0.05) is 45.7 Å². The molecule has 60 valence electrons. The molecule has 0 aliphatic rings. The summed E-state index contributed by atoms with van der Waals surface area (Å²) < 4.78 is 1.11. The first-order chi connectivity index (χ1) is 5.77. The molecule has 0 unspecified atom stereocenters. The van der Waals surface area contributed by atoms with Crippen molar-refractivity contribution in [2.75, 3.05) is 0 Å². The zero-order valence-corrected chi connectivity index (χ0v) is 8.56. The molecule has 0 atom stereocenters. The van der Waals surface area contributed by atoms with Gasteiger partial charge in [-0.25, -0.2) is 0 Å². The molecule has 2 rings (SSSR count). The zero-order chi connectivity index (χ0) is 8.55. The molecule has 0 aromatic heterocycles. The number of rotatable bonds is 0. The third kappa shape index (κ3) is 1.35. The summed E-state index contributed by atoms with van der Waals surface area (Å²) in [5.74, 6) is 0. The average Bonchev–Trinajstić information content (AvgIpc) is 2.04. The molecule has 0 amide bonds. The number of halogens is 2. The molecular weight excluding hydrogens is 235 g/mol. The largest absolute Gasteiger partial charge is 0.0843 e. The highest BCUT2D eigenvalue weighted by atomic mass is 79.9. The molecule has 0 fully saturated rings. The summed E-state index contributed by atoms with van der Waals surface area (Å²) in [4.78, 5) is 0. The van der Waals surface area contributed by atoms with Crippen molar-refractivity contribution in [1.29, 1.82) is 0 Å². The lowest BCUT2D eigenvalue weighted by Gasteiger charge is -1.99. The highest BCUT2D eigenvalue weighted by Crippen LogP contribution is 2.25. The minimum absolute atomic E-state index is 0.778. The van der Waals surface area contributed by atoms with Crippen molar-refractivity contribution in [2.24, 2.45) is 0 Å². The van der Waals surface area contributed by atoms with Crippen molar-refractivity contribution in [1.82, 2.24) is 0 Å². The van der Waals surface area contributed by atoms with Crippen LogP contribution in [0.15, 0.2) is 40.9 Å². The van der Waals surface area contributed by atoms with Crippen LogP contribution in [0.1, 0.15) is 0 Å². The van der Waals surface area contributed by atoms with Crippen LogP contribution in [0.3, 0.4) is 0 Å². The summed E-state index contributed by atoms with van der Waals surface area (Å²) in [6.45, 7) is 0. The van der Waals surface area contributed by atoms with Gasteiger partial charge in [-0.15, -0.1) is 0 Å². The van der Waals surface area contributed by atoms with E-state index in [1.165, 1.54) is 5.39 Å². The van der Waals surface area contributed by atoms with Gasteiger partial charge in [-0.3, -0.25) is 0 Å². The molecule has 0 aliphatic carbocycles. The van der Waals surface area contributed by atoms with Crippen molar-refractivity contribution >= 4 is 38.3 Å². The Kier molecular flexibility index (Phi) is 2.07. The van der Waals surface area contributed by atoms with E-state index in [0.29, 0.717) is 0 Å². The molecule has 0 saturated heterocycles. The van der Waals surface area contributed by atoms with Gasteiger partial charge in [-0.05, 0) is 29.0 Å². The Morgan fingerprint density at radius 1 is 1.08 bits per heavy atom. The van der Waals surface area contributed by atoms with Gasteiger partial charge < -0.3 is 0 Å². The molecule has 0 bridgehead atoms. The van der Waals surface area contributed by atoms with E-state index in [4.69, 9.17) is 11.6 Å². The van der Waals surface area contributed by atoms with Crippen LogP contribution in [-0.2, 0) is 0 Å². The molecule has 2 heteroatoms. The fourth-order valence-corrected chi connectivity index (χ4v) is 1.91. The summed E-state index contributed by atoms with van der Waals surface area (Å²) in [6, 6.07) is 11.9. The fraction of sp³-hybridized carbons (Fsp3) is 0. The quantitative estimate of drug-likeness (QED) is 0.647. The first kappa shape index (κ1) is 8.09.